The highest BCUT2D eigenvalue weighted by Gasteiger charge is 2.35. The van der Waals surface area contributed by atoms with Crippen LogP contribution in [-0.2, 0) is 22.4 Å². The van der Waals surface area contributed by atoms with Gasteiger partial charge in [-0.1, -0.05) is 18.2 Å². The Labute approximate surface area is 180 Å². The second-order valence-corrected chi connectivity index (χ2v) is 7.34. The van der Waals surface area contributed by atoms with Gasteiger partial charge in [-0.25, -0.2) is 4.98 Å². The number of fused-ring (bicyclic) bond motifs is 1. The predicted molar refractivity (Wildman–Crippen MR) is 113 cm³/mol. The number of carbonyl (C=O) groups excluding carboxylic acids is 1. The van der Waals surface area contributed by atoms with E-state index in [1.807, 2.05) is 36.0 Å². The molecule has 2 heterocycles. The quantitative estimate of drug-likeness (QED) is 0.538. The number of methoxy groups -OCH3 is 1. The van der Waals surface area contributed by atoms with E-state index in [4.69, 9.17) is 14.2 Å². The second kappa shape index (κ2) is 9.09. The largest absolute Gasteiger partial charge is 0.508 e. The van der Waals surface area contributed by atoms with Gasteiger partial charge in [0.2, 0.25) is 0 Å². The number of phenols is 1. The third-order valence-corrected chi connectivity index (χ3v) is 5.17. The van der Waals surface area contributed by atoms with E-state index < -0.39 is 6.29 Å². The molecule has 1 aliphatic rings. The van der Waals surface area contributed by atoms with Crippen LogP contribution in [0.25, 0.3) is 0 Å². The number of nitrogens with one attached hydrogen (secondary N) is 1. The third-order valence-electron chi connectivity index (χ3n) is 5.17. The van der Waals surface area contributed by atoms with Crippen molar-refractivity contribution in [3.8, 4) is 17.2 Å². The van der Waals surface area contributed by atoms with Crippen molar-refractivity contribution >= 4 is 5.97 Å². The molecule has 0 fully saturated rings. The molecule has 0 spiro atoms. The number of nitrogens with zero attached hydrogens (tertiary/aromatic N) is 2. The van der Waals surface area contributed by atoms with E-state index in [-0.39, 0.29) is 24.2 Å². The molecule has 2 unspecified atom stereocenters. The summed E-state index contributed by atoms with van der Waals surface area (Å²) in [4.78, 5) is 16.1. The van der Waals surface area contributed by atoms with Crippen LogP contribution in [0.3, 0.4) is 0 Å². The number of hydrogen-bond acceptors (Lipinski definition) is 7. The van der Waals surface area contributed by atoms with Crippen LogP contribution in [0.1, 0.15) is 22.9 Å². The first-order valence-corrected chi connectivity index (χ1v) is 10.1. The van der Waals surface area contributed by atoms with E-state index in [1.54, 1.807) is 30.6 Å². The van der Waals surface area contributed by atoms with Crippen LogP contribution in [0.15, 0.2) is 55.0 Å². The van der Waals surface area contributed by atoms with E-state index in [0.29, 0.717) is 11.5 Å². The van der Waals surface area contributed by atoms with Crippen LogP contribution in [0.5, 0.6) is 17.2 Å². The van der Waals surface area contributed by atoms with Crippen LogP contribution in [0.4, 0.5) is 0 Å². The number of phenolic OH excluding ortho intramolecular Hbond substituents is 1. The standard InChI is InChI=1S/C23H25N3O5/c1-24-10-9-17-13-26(14-25-17)22(16-4-6-18(27)7-5-16)23-30-19-8-3-15(11-20(19)31-23)12-21(28)29-2/h3-8,11,13-14,22-24,27H,9-10,12H2,1-2H3. The van der Waals surface area contributed by atoms with Crippen molar-refractivity contribution in [3.05, 3.63) is 71.8 Å². The highest BCUT2D eigenvalue weighted by atomic mass is 16.7. The number of hydrogen-bond donors (Lipinski definition) is 2. The molecular weight excluding hydrogens is 398 g/mol. The first-order valence-electron chi connectivity index (χ1n) is 10.1. The molecule has 1 aliphatic heterocycles. The molecule has 2 atom stereocenters. The Hall–Kier alpha value is -3.52. The van der Waals surface area contributed by atoms with Crippen molar-refractivity contribution in [2.45, 2.75) is 25.2 Å². The van der Waals surface area contributed by atoms with E-state index in [1.165, 1.54) is 7.11 Å². The summed E-state index contributed by atoms with van der Waals surface area (Å²) in [5, 5.41) is 12.8. The van der Waals surface area contributed by atoms with Gasteiger partial charge in [0.15, 0.2) is 11.5 Å². The van der Waals surface area contributed by atoms with Gasteiger partial charge in [0.1, 0.15) is 11.8 Å². The molecule has 1 aromatic heterocycles. The van der Waals surface area contributed by atoms with Crippen molar-refractivity contribution in [2.75, 3.05) is 20.7 Å². The molecular formula is C23H25N3O5. The molecule has 0 amide bonds. The fraction of sp³-hybridized carbons (Fsp3) is 0.304. The molecule has 31 heavy (non-hydrogen) atoms. The topological polar surface area (TPSA) is 94.8 Å². The van der Waals surface area contributed by atoms with Gasteiger partial charge < -0.3 is 29.2 Å². The van der Waals surface area contributed by atoms with E-state index >= 15 is 0 Å². The Balaban J connectivity index is 1.61. The molecule has 2 aromatic carbocycles. The van der Waals surface area contributed by atoms with Gasteiger partial charge >= 0.3 is 5.97 Å². The maximum Gasteiger partial charge on any atom is 0.309 e. The molecule has 8 heteroatoms. The Morgan fingerprint density at radius 2 is 2.00 bits per heavy atom. The number of carbonyl (C=O) groups is 1. The van der Waals surface area contributed by atoms with Crippen LogP contribution >= 0.6 is 0 Å². The van der Waals surface area contributed by atoms with Gasteiger partial charge in [-0.15, -0.1) is 0 Å². The molecule has 0 aliphatic carbocycles. The van der Waals surface area contributed by atoms with E-state index in [0.717, 1.165) is 29.8 Å². The number of rotatable bonds is 8. The number of ether oxygens (including phenoxy) is 3. The maximum atomic E-state index is 11.6. The summed E-state index contributed by atoms with van der Waals surface area (Å²) in [7, 11) is 3.27. The zero-order chi connectivity index (χ0) is 21.8. The Morgan fingerprint density at radius 1 is 1.23 bits per heavy atom. The number of imidazole rings is 1. The van der Waals surface area contributed by atoms with Crippen LogP contribution in [0.2, 0.25) is 0 Å². The normalized spacial score (nSPS) is 15.6. The molecule has 0 bridgehead atoms. The first kappa shape index (κ1) is 20.7. The lowest BCUT2D eigenvalue weighted by Gasteiger charge is -2.24. The predicted octanol–water partition coefficient (Wildman–Crippen LogP) is 2.45. The monoisotopic (exact) mass is 423 g/mol. The molecule has 0 saturated carbocycles. The number of aromatic hydroxyl groups is 1. The van der Waals surface area contributed by atoms with Crippen molar-refractivity contribution in [1.82, 2.24) is 14.9 Å². The SMILES string of the molecule is CNCCc1cn(C(c2ccc(O)cc2)C2Oc3ccc(CC(=O)OC)cc3O2)cn1. The second-order valence-electron chi connectivity index (χ2n) is 7.34. The lowest BCUT2D eigenvalue weighted by atomic mass is 10.1. The van der Waals surface area contributed by atoms with Crippen LogP contribution in [0, 0.1) is 0 Å². The van der Waals surface area contributed by atoms with Crippen molar-refractivity contribution in [1.29, 1.82) is 0 Å². The Kier molecular flexibility index (Phi) is 6.08. The maximum absolute atomic E-state index is 11.6. The fourth-order valence-corrected chi connectivity index (χ4v) is 3.55. The first-order chi connectivity index (χ1) is 15.1. The minimum absolute atomic E-state index is 0.162. The molecule has 2 N–H and O–H groups in total. The number of likely N-dealkylation sites (N-methyl/N-ethyl adjacent to an activating group) is 1. The summed E-state index contributed by atoms with van der Waals surface area (Å²) in [5.41, 5.74) is 2.64. The van der Waals surface area contributed by atoms with Crippen LogP contribution < -0.4 is 14.8 Å². The van der Waals surface area contributed by atoms with Crippen molar-refractivity contribution < 1.29 is 24.1 Å². The lowest BCUT2D eigenvalue weighted by molar-refractivity contribution is -0.139. The van der Waals surface area contributed by atoms with Gasteiger partial charge in [-0.2, -0.15) is 0 Å². The molecule has 0 saturated heterocycles. The van der Waals surface area contributed by atoms with Crippen molar-refractivity contribution in [2.24, 2.45) is 0 Å². The Bertz CT molecular complexity index is 1050. The van der Waals surface area contributed by atoms with Gasteiger partial charge in [0.05, 0.1) is 25.6 Å². The number of benzene rings is 2. The van der Waals surface area contributed by atoms with Crippen LogP contribution in [-0.4, -0.2) is 47.6 Å². The van der Waals surface area contributed by atoms with E-state index in [9.17, 15) is 9.90 Å². The summed E-state index contributed by atoms with van der Waals surface area (Å²) in [6.45, 7) is 0.825. The van der Waals surface area contributed by atoms with Crippen molar-refractivity contribution in [3.63, 3.8) is 0 Å². The average molecular weight is 423 g/mol. The average Bonchev–Trinajstić information content (AvgIpc) is 3.40. The summed E-state index contributed by atoms with van der Waals surface area (Å²) >= 11 is 0. The summed E-state index contributed by atoms with van der Waals surface area (Å²) in [5.74, 6) is 1.06. The number of esters is 1. The van der Waals surface area contributed by atoms with Gasteiger partial charge in [0.25, 0.3) is 6.29 Å². The zero-order valence-corrected chi connectivity index (χ0v) is 17.4. The molecule has 4 rings (SSSR count). The minimum Gasteiger partial charge on any atom is -0.508 e. The highest BCUT2D eigenvalue weighted by molar-refractivity contribution is 5.72. The molecule has 0 radical (unpaired) electrons. The van der Waals surface area contributed by atoms with Gasteiger partial charge in [-0.3, -0.25) is 4.79 Å². The summed E-state index contributed by atoms with van der Waals surface area (Å²) in [6, 6.07) is 12.0. The molecule has 162 valence electrons. The molecule has 3 aromatic rings. The lowest BCUT2D eigenvalue weighted by Crippen LogP contribution is -2.31. The minimum atomic E-state index is -0.640. The summed E-state index contributed by atoms with van der Waals surface area (Å²) in [6.07, 6.45) is 4.07. The van der Waals surface area contributed by atoms with Gasteiger partial charge in [-0.05, 0) is 42.4 Å². The smallest absolute Gasteiger partial charge is 0.309 e. The highest BCUT2D eigenvalue weighted by Crippen LogP contribution is 2.40. The number of aromatic nitrogens is 2. The molecule has 8 nitrogen and oxygen atoms in total. The Morgan fingerprint density at radius 3 is 2.74 bits per heavy atom. The van der Waals surface area contributed by atoms with E-state index in [2.05, 4.69) is 10.3 Å². The fourth-order valence-electron chi connectivity index (χ4n) is 3.55. The van der Waals surface area contributed by atoms with Gasteiger partial charge in [0, 0.05) is 19.2 Å². The summed E-state index contributed by atoms with van der Waals surface area (Å²) < 4.78 is 19.0. The zero-order valence-electron chi connectivity index (χ0n) is 17.4. The third kappa shape index (κ3) is 4.64.